The van der Waals surface area contributed by atoms with E-state index in [9.17, 15) is 16.8 Å². The Bertz CT molecular complexity index is 1570. The molecule has 0 aliphatic rings. The van der Waals surface area contributed by atoms with Gasteiger partial charge >= 0.3 is 0 Å². The molecule has 0 fully saturated rings. The van der Waals surface area contributed by atoms with Gasteiger partial charge in [-0.15, -0.1) is 0 Å². The van der Waals surface area contributed by atoms with Gasteiger partial charge < -0.3 is 4.57 Å². The highest BCUT2D eigenvalue weighted by Crippen LogP contribution is 2.25. The van der Waals surface area contributed by atoms with E-state index in [1.54, 1.807) is 60.4 Å². The molecule has 1 aromatic heterocycles. The molecule has 4 aromatic rings. The molecule has 0 unspecified atom stereocenters. The summed E-state index contributed by atoms with van der Waals surface area (Å²) in [5, 5.41) is 0. The molecule has 10 heteroatoms. The number of benzene rings is 3. The van der Waals surface area contributed by atoms with E-state index in [1.165, 1.54) is 16.4 Å². The first-order chi connectivity index (χ1) is 18.1. The summed E-state index contributed by atoms with van der Waals surface area (Å²) in [5.74, 6) is 0.514. The summed E-state index contributed by atoms with van der Waals surface area (Å²) in [4.78, 5) is 4.45. The molecule has 0 amide bonds. The molecule has 38 heavy (non-hydrogen) atoms. The molecule has 0 N–H and O–H groups in total. The van der Waals surface area contributed by atoms with Crippen LogP contribution < -0.4 is 0 Å². The fourth-order valence-electron chi connectivity index (χ4n) is 4.02. The zero-order chi connectivity index (χ0) is 27.3. The first-order valence-corrected chi connectivity index (χ1v) is 15.0. The minimum atomic E-state index is -4.13. The molecule has 4 rings (SSSR count). The summed E-state index contributed by atoms with van der Waals surface area (Å²) in [6, 6.07) is 21.4. The molecule has 0 radical (unpaired) electrons. The smallest absolute Gasteiger partial charge is 0.297 e. The lowest BCUT2D eigenvalue weighted by Gasteiger charge is -2.30. The van der Waals surface area contributed by atoms with E-state index in [0.717, 1.165) is 16.7 Å². The number of imidazole rings is 1. The molecule has 1 atom stereocenters. The second-order valence-corrected chi connectivity index (χ2v) is 12.7. The summed E-state index contributed by atoms with van der Waals surface area (Å²) < 4.78 is 62.7. The predicted octanol–water partition coefficient (Wildman–Crippen LogP) is 4.24. The fraction of sp³-hybridized carbons (Fsp3) is 0.250. The predicted molar refractivity (Wildman–Crippen MR) is 145 cm³/mol. The maximum absolute atomic E-state index is 14.0. The summed E-state index contributed by atoms with van der Waals surface area (Å²) in [6.45, 7) is 3.30. The summed E-state index contributed by atoms with van der Waals surface area (Å²) in [5.41, 5.74) is 2.68. The molecule has 3 aromatic carbocycles. The van der Waals surface area contributed by atoms with Gasteiger partial charge in [-0.25, -0.2) is 13.4 Å². The van der Waals surface area contributed by atoms with Crippen LogP contribution in [0.15, 0.2) is 101 Å². The van der Waals surface area contributed by atoms with E-state index in [2.05, 4.69) is 4.98 Å². The molecular formula is C28H31N3O5S2. The van der Waals surface area contributed by atoms with Crippen LogP contribution in [0.3, 0.4) is 0 Å². The van der Waals surface area contributed by atoms with E-state index < -0.39 is 26.2 Å². The van der Waals surface area contributed by atoms with Crippen LogP contribution in [-0.2, 0) is 44.3 Å². The second-order valence-electron chi connectivity index (χ2n) is 9.21. The first-order valence-electron chi connectivity index (χ1n) is 12.1. The van der Waals surface area contributed by atoms with Gasteiger partial charge in [0.2, 0.25) is 10.0 Å². The molecule has 0 saturated carbocycles. The van der Waals surface area contributed by atoms with Crippen molar-refractivity contribution < 1.29 is 21.0 Å². The number of aryl methyl sites for hydroxylation is 3. The van der Waals surface area contributed by atoms with Gasteiger partial charge in [0.05, 0.1) is 29.0 Å². The Morgan fingerprint density at radius 2 is 1.42 bits per heavy atom. The Labute approximate surface area is 224 Å². The molecule has 0 aliphatic carbocycles. The van der Waals surface area contributed by atoms with Gasteiger partial charge in [0.15, 0.2) is 0 Å². The Kier molecular flexibility index (Phi) is 8.47. The van der Waals surface area contributed by atoms with E-state index >= 15 is 0 Å². The van der Waals surface area contributed by atoms with Gasteiger partial charge in [0.25, 0.3) is 10.1 Å². The lowest BCUT2D eigenvalue weighted by molar-refractivity contribution is 0.199. The Morgan fingerprint density at radius 3 is 1.97 bits per heavy atom. The van der Waals surface area contributed by atoms with Crippen molar-refractivity contribution in [3.05, 3.63) is 114 Å². The Balaban J connectivity index is 1.74. The molecule has 0 spiro atoms. The third-order valence-corrected chi connectivity index (χ3v) is 9.50. The molecule has 0 aliphatic heterocycles. The highest BCUT2D eigenvalue weighted by atomic mass is 32.2. The van der Waals surface area contributed by atoms with Crippen molar-refractivity contribution in [2.75, 3.05) is 6.61 Å². The Morgan fingerprint density at radius 1 is 0.842 bits per heavy atom. The van der Waals surface area contributed by atoms with Gasteiger partial charge in [-0.2, -0.15) is 12.7 Å². The normalized spacial score (nSPS) is 13.1. The highest BCUT2D eigenvalue weighted by molar-refractivity contribution is 7.89. The van der Waals surface area contributed by atoms with E-state index in [-0.39, 0.29) is 29.4 Å². The van der Waals surface area contributed by atoms with Crippen molar-refractivity contribution in [3.63, 3.8) is 0 Å². The largest absolute Gasteiger partial charge is 0.337 e. The lowest BCUT2D eigenvalue weighted by Crippen LogP contribution is -2.44. The average Bonchev–Trinajstić information content (AvgIpc) is 3.30. The first kappa shape index (κ1) is 27.7. The Hall–Kier alpha value is -3.31. The number of hydrogen-bond donors (Lipinski definition) is 0. The molecule has 1 heterocycles. The summed E-state index contributed by atoms with van der Waals surface area (Å²) in [7, 11) is -6.41. The third kappa shape index (κ3) is 6.57. The summed E-state index contributed by atoms with van der Waals surface area (Å²) in [6.07, 6.45) is 3.56. The van der Waals surface area contributed by atoms with E-state index in [4.69, 9.17) is 4.18 Å². The quantitative estimate of drug-likeness (QED) is 0.258. The van der Waals surface area contributed by atoms with Crippen LogP contribution in [0.4, 0.5) is 0 Å². The van der Waals surface area contributed by atoms with E-state index in [0.29, 0.717) is 5.82 Å². The SMILES string of the molecule is Cc1ccc(S(=O)(=O)OC[C@H](Cc2ccccc2)N(Cc2nccn2C)S(=O)(=O)c2ccc(C)cc2)cc1. The van der Waals surface area contributed by atoms with Crippen molar-refractivity contribution in [2.24, 2.45) is 7.05 Å². The maximum Gasteiger partial charge on any atom is 0.297 e. The fourth-order valence-corrected chi connectivity index (χ4v) is 6.52. The molecule has 0 saturated heterocycles. The molecule has 8 nitrogen and oxygen atoms in total. The molecular weight excluding hydrogens is 522 g/mol. The van der Waals surface area contributed by atoms with Gasteiger partial charge in [-0.1, -0.05) is 65.7 Å². The van der Waals surface area contributed by atoms with Crippen molar-refractivity contribution in [3.8, 4) is 0 Å². The second kappa shape index (κ2) is 11.6. The third-order valence-electron chi connectivity index (χ3n) is 6.29. The van der Waals surface area contributed by atoms with Crippen molar-refractivity contribution in [2.45, 2.75) is 42.6 Å². The van der Waals surface area contributed by atoms with Gasteiger partial charge in [0.1, 0.15) is 5.82 Å². The van der Waals surface area contributed by atoms with Crippen LogP contribution >= 0.6 is 0 Å². The van der Waals surface area contributed by atoms with Crippen LogP contribution in [0.5, 0.6) is 0 Å². The number of hydrogen-bond acceptors (Lipinski definition) is 6. The van der Waals surface area contributed by atoms with Crippen LogP contribution in [0.2, 0.25) is 0 Å². The summed E-state index contributed by atoms with van der Waals surface area (Å²) >= 11 is 0. The van der Waals surface area contributed by atoms with Gasteiger partial charge in [-0.3, -0.25) is 4.18 Å². The van der Waals surface area contributed by atoms with Gasteiger partial charge in [0, 0.05) is 19.4 Å². The average molecular weight is 554 g/mol. The zero-order valence-corrected chi connectivity index (χ0v) is 23.2. The minimum Gasteiger partial charge on any atom is -0.337 e. The van der Waals surface area contributed by atoms with Crippen molar-refractivity contribution in [1.29, 1.82) is 0 Å². The number of aromatic nitrogens is 2. The topological polar surface area (TPSA) is 98.6 Å². The maximum atomic E-state index is 14.0. The van der Waals surface area contributed by atoms with Crippen LogP contribution in [0, 0.1) is 13.8 Å². The zero-order valence-electron chi connectivity index (χ0n) is 21.6. The molecule has 0 bridgehead atoms. The van der Waals surface area contributed by atoms with Crippen LogP contribution in [-0.4, -0.2) is 43.3 Å². The van der Waals surface area contributed by atoms with Gasteiger partial charge in [-0.05, 0) is 50.1 Å². The van der Waals surface area contributed by atoms with Crippen LogP contribution in [0.25, 0.3) is 0 Å². The number of sulfonamides is 1. The number of rotatable bonds is 11. The van der Waals surface area contributed by atoms with Crippen molar-refractivity contribution in [1.82, 2.24) is 13.9 Å². The minimum absolute atomic E-state index is 0.0126. The molecule has 200 valence electrons. The van der Waals surface area contributed by atoms with E-state index in [1.807, 2.05) is 44.2 Å². The number of nitrogens with zero attached hydrogens (tertiary/aromatic N) is 3. The van der Waals surface area contributed by atoms with Crippen molar-refractivity contribution >= 4 is 20.1 Å². The lowest BCUT2D eigenvalue weighted by atomic mass is 10.1. The van der Waals surface area contributed by atoms with Crippen LogP contribution in [0.1, 0.15) is 22.5 Å². The standard InChI is InChI=1S/C28H31N3O5S2/c1-22-9-13-26(14-10-22)37(32,33)31(20-28-29-17-18-30(28)3)25(19-24-7-5-4-6-8-24)21-36-38(34,35)27-15-11-23(2)12-16-27/h4-18,25H,19-21H2,1-3H3/t25-/m0/s1. The highest BCUT2D eigenvalue weighted by Gasteiger charge is 2.34. The monoisotopic (exact) mass is 553 g/mol.